The Hall–Kier alpha value is -3.75. The molecule has 0 bridgehead atoms. The Kier molecular flexibility index (Phi) is 6.23. The van der Waals surface area contributed by atoms with Gasteiger partial charge in [0.2, 0.25) is 5.78 Å². The number of aromatic hydroxyl groups is 1. The summed E-state index contributed by atoms with van der Waals surface area (Å²) in [6, 6.07) is 10.7. The Labute approximate surface area is 238 Å². The predicted molar refractivity (Wildman–Crippen MR) is 152 cm³/mol. The van der Waals surface area contributed by atoms with Gasteiger partial charge in [-0.25, -0.2) is 0 Å². The largest absolute Gasteiger partial charge is 0.511 e. The maximum Gasteiger partial charge on any atom is 0.209 e. The minimum absolute atomic E-state index is 0.0946. The van der Waals surface area contributed by atoms with Crippen LogP contribution in [0.15, 0.2) is 59.1 Å². The molecule has 3 aliphatic carbocycles. The lowest BCUT2D eigenvalue weighted by molar-refractivity contribution is -0.211. The van der Waals surface area contributed by atoms with Crippen LogP contribution in [0.2, 0.25) is 0 Å². The lowest BCUT2D eigenvalue weighted by atomic mass is 9.41. The van der Waals surface area contributed by atoms with Gasteiger partial charge in [0.1, 0.15) is 22.8 Å². The fraction of sp³-hybridized carbons (Fsp3) is 0.424. The van der Waals surface area contributed by atoms with Crippen LogP contribution in [0.1, 0.15) is 68.9 Å². The predicted octanol–water partition coefficient (Wildman–Crippen LogP) is 4.85. The second-order valence-electron chi connectivity index (χ2n) is 12.6. The van der Waals surface area contributed by atoms with Crippen LogP contribution in [0.25, 0.3) is 11.1 Å². The van der Waals surface area contributed by atoms with E-state index in [-0.39, 0.29) is 11.3 Å². The van der Waals surface area contributed by atoms with Crippen molar-refractivity contribution >= 4 is 17.3 Å². The van der Waals surface area contributed by atoms with E-state index in [1.54, 1.807) is 33.8 Å². The van der Waals surface area contributed by atoms with Gasteiger partial charge in [0.25, 0.3) is 0 Å². The molecule has 2 aromatic carbocycles. The molecule has 0 saturated heterocycles. The maximum atomic E-state index is 14.3. The summed E-state index contributed by atoms with van der Waals surface area (Å²) in [5.41, 5.74) is -4.68. The van der Waals surface area contributed by atoms with E-state index in [4.69, 9.17) is 0 Å². The highest BCUT2D eigenvalue weighted by Crippen LogP contribution is 2.68. The Morgan fingerprint density at radius 1 is 0.976 bits per heavy atom. The molecular weight excluding hydrogens is 524 g/mol. The van der Waals surface area contributed by atoms with Crippen molar-refractivity contribution in [2.24, 2.45) is 22.7 Å². The van der Waals surface area contributed by atoms with Crippen molar-refractivity contribution in [1.29, 1.82) is 0 Å². The molecule has 6 atom stereocenters. The van der Waals surface area contributed by atoms with E-state index in [2.05, 4.69) is 0 Å². The summed E-state index contributed by atoms with van der Waals surface area (Å²) >= 11 is 0. The SMILES string of the molecule is CC(=O)C1=C(O)C(C(C)C)[C@@]2(C)[C@H](O)[C@]3(C)C(=C(O)[C@@]2(O)C1=O)C(=O)c1c(O)ccc(-c2ccc(C)cc2)c1[C@H]3C. The molecule has 2 aromatic rings. The first kappa shape index (κ1) is 28.8. The van der Waals surface area contributed by atoms with Crippen LogP contribution in [-0.4, -0.2) is 54.6 Å². The van der Waals surface area contributed by atoms with Gasteiger partial charge in [-0.1, -0.05) is 70.5 Å². The molecule has 0 aliphatic heterocycles. The van der Waals surface area contributed by atoms with Crippen molar-refractivity contribution in [1.82, 2.24) is 0 Å². The fourth-order valence-corrected chi connectivity index (χ4v) is 7.99. The van der Waals surface area contributed by atoms with E-state index in [9.17, 15) is 39.9 Å². The summed E-state index contributed by atoms with van der Waals surface area (Å²) in [4.78, 5) is 40.7. The van der Waals surface area contributed by atoms with Gasteiger partial charge in [0.15, 0.2) is 17.2 Å². The van der Waals surface area contributed by atoms with Crippen LogP contribution in [-0.2, 0) is 9.59 Å². The fourth-order valence-electron chi connectivity index (χ4n) is 7.99. The molecule has 0 fully saturated rings. The van der Waals surface area contributed by atoms with Gasteiger partial charge in [0.05, 0.1) is 17.2 Å². The molecule has 1 unspecified atom stereocenters. The Balaban J connectivity index is 1.90. The van der Waals surface area contributed by atoms with Crippen LogP contribution in [0.3, 0.4) is 0 Å². The summed E-state index contributed by atoms with van der Waals surface area (Å²) in [6.45, 7) is 11.2. The first-order valence-corrected chi connectivity index (χ1v) is 13.8. The van der Waals surface area contributed by atoms with Crippen molar-refractivity contribution < 1.29 is 39.9 Å². The number of aryl methyl sites for hydroxylation is 1. The normalized spacial score (nSPS) is 33.1. The molecular formula is C33H36O8. The highest BCUT2D eigenvalue weighted by atomic mass is 16.4. The van der Waals surface area contributed by atoms with E-state index < -0.39 is 80.3 Å². The molecule has 0 radical (unpaired) electrons. The highest BCUT2D eigenvalue weighted by Gasteiger charge is 2.76. The lowest BCUT2D eigenvalue weighted by Gasteiger charge is -2.63. The van der Waals surface area contributed by atoms with Gasteiger partial charge in [-0.3, -0.25) is 14.4 Å². The van der Waals surface area contributed by atoms with E-state index >= 15 is 0 Å². The Morgan fingerprint density at radius 2 is 1.56 bits per heavy atom. The topological polar surface area (TPSA) is 152 Å². The van der Waals surface area contributed by atoms with Crippen molar-refractivity contribution in [2.75, 3.05) is 0 Å². The number of hydrogen-bond donors (Lipinski definition) is 5. The first-order chi connectivity index (χ1) is 19.0. The Bertz CT molecular complexity index is 1600. The average molecular weight is 561 g/mol. The number of carbonyl (C=O) groups is 3. The number of fused-ring (bicyclic) bond motifs is 3. The Morgan fingerprint density at radius 3 is 2.10 bits per heavy atom. The smallest absolute Gasteiger partial charge is 0.209 e. The van der Waals surface area contributed by atoms with Gasteiger partial charge in [-0.05, 0) is 48.4 Å². The molecule has 3 aliphatic rings. The van der Waals surface area contributed by atoms with Crippen LogP contribution in [0, 0.1) is 29.6 Å². The molecule has 0 saturated carbocycles. The van der Waals surface area contributed by atoms with Gasteiger partial charge in [-0.2, -0.15) is 0 Å². The minimum Gasteiger partial charge on any atom is -0.511 e. The number of phenols is 1. The quantitative estimate of drug-likeness (QED) is 0.334. The summed E-state index contributed by atoms with van der Waals surface area (Å²) in [7, 11) is 0. The number of Topliss-reactive ketones (excluding diaryl/α,β-unsaturated/α-hetero) is 3. The zero-order chi connectivity index (χ0) is 30.6. The molecule has 5 rings (SSSR count). The minimum atomic E-state index is -2.90. The third-order valence-electron chi connectivity index (χ3n) is 10.2. The summed E-state index contributed by atoms with van der Waals surface area (Å²) < 4.78 is 0. The first-order valence-electron chi connectivity index (χ1n) is 13.8. The molecule has 0 amide bonds. The third-order valence-corrected chi connectivity index (χ3v) is 10.2. The molecule has 41 heavy (non-hydrogen) atoms. The number of benzene rings is 2. The zero-order valence-corrected chi connectivity index (χ0v) is 24.2. The van der Waals surface area contributed by atoms with Crippen molar-refractivity contribution in [3.8, 4) is 16.9 Å². The van der Waals surface area contributed by atoms with Gasteiger partial charge >= 0.3 is 0 Å². The van der Waals surface area contributed by atoms with Crippen LogP contribution < -0.4 is 0 Å². The second-order valence-corrected chi connectivity index (χ2v) is 12.6. The molecule has 0 heterocycles. The van der Waals surface area contributed by atoms with Crippen molar-refractivity contribution in [3.63, 3.8) is 0 Å². The number of carbonyl (C=O) groups excluding carboxylic acids is 3. The van der Waals surface area contributed by atoms with E-state index in [0.29, 0.717) is 11.1 Å². The molecule has 0 spiro atoms. The summed E-state index contributed by atoms with van der Waals surface area (Å²) in [6.07, 6.45) is -1.67. The molecule has 5 N–H and O–H groups in total. The van der Waals surface area contributed by atoms with Crippen molar-refractivity contribution in [2.45, 2.75) is 66.1 Å². The zero-order valence-electron chi connectivity index (χ0n) is 24.2. The number of aliphatic hydroxyl groups is 4. The molecule has 8 heteroatoms. The summed E-state index contributed by atoms with van der Waals surface area (Å²) in [5.74, 6) is -7.18. The van der Waals surface area contributed by atoms with Crippen LogP contribution in [0.4, 0.5) is 0 Å². The number of phenolic OH excluding ortho intramolecular Hbond substituents is 1. The van der Waals surface area contributed by atoms with E-state index in [1.807, 2.05) is 31.2 Å². The maximum absolute atomic E-state index is 14.3. The van der Waals surface area contributed by atoms with Gasteiger partial charge in [0, 0.05) is 16.7 Å². The lowest BCUT2D eigenvalue weighted by Crippen LogP contribution is -2.73. The third kappa shape index (κ3) is 3.26. The second kappa shape index (κ2) is 8.87. The van der Waals surface area contributed by atoms with Crippen LogP contribution >= 0.6 is 0 Å². The number of hydrogen-bond acceptors (Lipinski definition) is 8. The number of ketones is 3. The molecule has 8 nitrogen and oxygen atoms in total. The standard InChI is InChI=1S/C33H36O8/c1-14(2)24-26(36)22(17(5)34)28(38)33(41)29(39)25-27(37)23-20(35)13-12-19(18-10-8-15(3)9-11-18)21(23)16(4)31(25,6)30(40)32(24,33)7/h8-14,16,24,30,35-36,39-41H,1-7H3/t16-,24?,30-,31+,32+,33+/m1/s1. The number of rotatable bonds is 3. The average Bonchev–Trinajstić information content (AvgIpc) is 2.89. The van der Waals surface area contributed by atoms with E-state index in [0.717, 1.165) is 18.1 Å². The molecule has 216 valence electrons. The molecule has 0 aromatic heterocycles. The van der Waals surface area contributed by atoms with Crippen molar-refractivity contribution in [3.05, 3.63) is 75.8 Å². The highest BCUT2D eigenvalue weighted by molar-refractivity contribution is 6.25. The monoisotopic (exact) mass is 560 g/mol. The van der Waals surface area contributed by atoms with Gasteiger partial charge in [-0.15, -0.1) is 0 Å². The number of aliphatic hydroxyl groups excluding tert-OH is 3. The number of allylic oxidation sites excluding steroid dienone is 1. The van der Waals surface area contributed by atoms with E-state index in [1.165, 1.54) is 13.0 Å². The van der Waals surface area contributed by atoms with Crippen LogP contribution in [0.5, 0.6) is 5.75 Å². The van der Waals surface area contributed by atoms with Gasteiger partial charge < -0.3 is 25.5 Å². The summed E-state index contributed by atoms with van der Waals surface area (Å²) in [5, 5.41) is 58.7.